The highest BCUT2D eigenvalue weighted by atomic mass is 14.9. The lowest BCUT2D eigenvalue weighted by Gasteiger charge is -2.25. The number of fused-ring (bicyclic) bond motifs is 1. The molecule has 0 amide bonds. The Bertz CT molecular complexity index is 382. The van der Waals surface area contributed by atoms with Gasteiger partial charge in [0.15, 0.2) is 0 Å². The molecule has 0 saturated heterocycles. The van der Waals surface area contributed by atoms with Gasteiger partial charge in [0.25, 0.3) is 0 Å². The molecule has 2 nitrogen and oxygen atoms in total. The van der Waals surface area contributed by atoms with Gasteiger partial charge in [-0.15, -0.1) is 0 Å². The SMILES string of the molecule is NCC1CCCc2cc(NC3CC3)ccc21. The van der Waals surface area contributed by atoms with Gasteiger partial charge in [-0.05, 0) is 67.8 Å². The normalized spacial score (nSPS) is 23.9. The molecule has 2 aliphatic carbocycles. The van der Waals surface area contributed by atoms with E-state index >= 15 is 0 Å². The van der Waals surface area contributed by atoms with Gasteiger partial charge in [0.05, 0.1) is 0 Å². The van der Waals surface area contributed by atoms with Crippen molar-refractivity contribution < 1.29 is 0 Å². The van der Waals surface area contributed by atoms with Gasteiger partial charge in [0, 0.05) is 11.7 Å². The molecule has 2 heteroatoms. The number of nitrogens with two attached hydrogens (primary N) is 1. The first-order valence-electron chi connectivity index (χ1n) is 6.46. The van der Waals surface area contributed by atoms with E-state index in [4.69, 9.17) is 5.73 Å². The molecule has 0 bridgehead atoms. The highest BCUT2D eigenvalue weighted by Crippen LogP contribution is 2.33. The Morgan fingerprint density at radius 1 is 1.25 bits per heavy atom. The monoisotopic (exact) mass is 216 g/mol. The maximum absolute atomic E-state index is 5.83. The van der Waals surface area contributed by atoms with Crippen LogP contribution >= 0.6 is 0 Å². The van der Waals surface area contributed by atoms with E-state index in [0.717, 1.165) is 12.6 Å². The van der Waals surface area contributed by atoms with Crippen molar-refractivity contribution >= 4 is 5.69 Å². The Labute approximate surface area is 97.2 Å². The van der Waals surface area contributed by atoms with Gasteiger partial charge in [-0.2, -0.15) is 0 Å². The maximum Gasteiger partial charge on any atom is 0.0345 e. The number of anilines is 1. The van der Waals surface area contributed by atoms with Gasteiger partial charge < -0.3 is 11.1 Å². The summed E-state index contributed by atoms with van der Waals surface area (Å²) in [7, 11) is 0. The van der Waals surface area contributed by atoms with E-state index in [1.54, 1.807) is 0 Å². The zero-order valence-electron chi connectivity index (χ0n) is 9.71. The first kappa shape index (κ1) is 10.2. The summed E-state index contributed by atoms with van der Waals surface area (Å²) in [4.78, 5) is 0. The van der Waals surface area contributed by atoms with Crippen LogP contribution in [0.5, 0.6) is 0 Å². The Hall–Kier alpha value is -1.02. The summed E-state index contributed by atoms with van der Waals surface area (Å²) in [6.07, 6.45) is 6.46. The fraction of sp³-hybridized carbons (Fsp3) is 0.571. The van der Waals surface area contributed by atoms with E-state index in [1.807, 2.05) is 0 Å². The molecule has 1 fully saturated rings. The molecular formula is C14H20N2. The molecule has 0 radical (unpaired) electrons. The lowest BCUT2D eigenvalue weighted by molar-refractivity contribution is 0.561. The van der Waals surface area contributed by atoms with Crippen molar-refractivity contribution in [1.29, 1.82) is 0 Å². The van der Waals surface area contributed by atoms with Crippen molar-refractivity contribution in [2.75, 3.05) is 11.9 Å². The van der Waals surface area contributed by atoms with Gasteiger partial charge in [0.2, 0.25) is 0 Å². The molecule has 16 heavy (non-hydrogen) atoms. The molecule has 86 valence electrons. The fourth-order valence-electron chi connectivity index (χ4n) is 2.71. The van der Waals surface area contributed by atoms with E-state index in [2.05, 4.69) is 23.5 Å². The van der Waals surface area contributed by atoms with E-state index < -0.39 is 0 Å². The van der Waals surface area contributed by atoms with Crippen molar-refractivity contribution in [3.63, 3.8) is 0 Å². The second-order valence-corrected chi connectivity index (χ2v) is 5.16. The smallest absolute Gasteiger partial charge is 0.0345 e. The van der Waals surface area contributed by atoms with Crippen LogP contribution in [0.3, 0.4) is 0 Å². The highest BCUT2D eigenvalue weighted by Gasteiger charge is 2.22. The Balaban J connectivity index is 1.85. The molecule has 0 spiro atoms. The fourth-order valence-corrected chi connectivity index (χ4v) is 2.71. The van der Waals surface area contributed by atoms with Crippen LogP contribution in [0.1, 0.15) is 42.7 Å². The van der Waals surface area contributed by atoms with Crippen LogP contribution in [0.4, 0.5) is 5.69 Å². The standard InChI is InChI=1S/C14H20N2/c15-9-11-3-1-2-10-8-13(6-7-14(10)11)16-12-4-5-12/h6-8,11-12,16H,1-5,9,15H2. The van der Waals surface area contributed by atoms with Crippen molar-refractivity contribution in [3.8, 4) is 0 Å². The molecule has 2 aliphatic rings. The maximum atomic E-state index is 5.83. The van der Waals surface area contributed by atoms with Crippen LogP contribution in [0.2, 0.25) is 0 Å². The molecule has 1 aromatic rings. The topological polar surface area (TPSA) is 38.0 Å². The van der Waals surface area contributed by atoms with Crippen LogP contribution in [-0.2, 0) is 6.42 Å². The molecule has 0 aliphatic heterocycles. The molecule has 0 heterocycles. The first-order chi connectivity index (χ1) is 7.86. The van der Waals surface area contributed by atoms with E-state index in [-0.39, 0.29) is 0 Å². The van der Waals surface area contributed by atoms with Crippen LogP contribution in [0.15, 0.2) is 18.2 Å². The Morgan fingerprint density at radius 3 is 2.88 bits per heavy atom. The second kappa shape index (κ2) is 4.10. The van der Waals surface area contributed by atoms with Crippen molar-refractivity contribution in [3.05, 3.63) is 29.3 Å². The molecule has 1 aromatic carbocycles. The minimum absolute atomic E-state index is 0.596. The average Bonchev–Trinajstić information content (AvgIpc) is 3.12. The summed E-state index contributed by atoms with van der Waals surface area (Å²) in [5.41, 5.74) is 10.2. The van der Waals surface area contributed by atoms with Gasteiger partial charge in [-0.1, -0.05) is 6.07 Å². The molecule has 1 saturated carbocycles. The highest BCUT2D eigenvalue weighted by molar-refractivity contribution is 5.51. The molecule has 3 rings (SSSR count). The number of nitrogens with one attached hydrogen (secondary N) is 1. The lowest BCUT2D eigenvalue weighted by Crippen LogP contribution is -2.18. The number of rotatable bonds is 3. The van der Waals surface area contributed by atoms with E-state index in [0.29, 0.717) is 5.92 Å². The van der Waals surface area contributed by atoms with Crippen LogP contribution in [0, 0.1) is 0 Å². The number of hydrogen-bond acceptors (Lipinski definition) is 2. The summed E-state index contributed by atoms with van der Waals surface area (Å²) in [5, 5.41) is 3.57. The van der Waals surface area contributed by atoms with Crippen LogP contribution in [0.25, 0.3) is 0 Å². The second-order valence-electron chi connectivity index (χ2n) is 5.16. The zero-order chi connectivity index (χ0) is 11.0. The van der Waals surface area contributed by atoms with Gasteiger partial charge in [0.1, 0.15) is 0 Å². The quantitative estimate of drug-likeness (QED) is 0.815. The minimum atomic E-state index is 0.596. The molecule has 0 aromatic heterocycles. The minimum Gasteiger partial charge on any atom is -0.382 e. The first-order valence-corrected chi connectivity index (χ1v) is 6.46. The average molecular weight is 216 g/mol. The van der Waals surface area contributed by atoms with Crippen molar-refractivity contribution in [2.45, 2.75) is 44.1 Å². The van der Waals surface area contributed by atoms with Gasteiger partial charge in [-0.25, -0.2) is 0 Å². The third-order valence-corrected chi connectivity index (χ3v) is 3.81. The summed E-state index contributed by atoms with van der Waals surface area (Å²) in [6.45, 7) is 0.794. The number of benzene rings is 1. The largest absolute Gasteiger partial charge is 0.382 e. The number of hydrogen-bond donors (Lipinski definition) is 2. The van der Waals surface area contributed by atoms with Crippen molar-refractivity contribution in [2.24, 2.45) is 5.73 Å². The van der Waals surface area contributed by atoms with Gasteiger partial charge >= 0.3 is 0 Å². The lowest BCUT2D eigenvalue weighted by atomic mass is 9.82. The molecule has 1 atom stereocenters. The van der Waals surface area contributed by atoms with Crippen LogP contribution < -0.4 is 11.1 Å². The third kappa shape index (κ3) is 1.94. The van der Waals surface area contributed by atoms with E-state index in [9.17, 15) is 0 Å². The summed E-state index contributed by atoms with van der Waals surface area (Å²) in [5.74, 6) is 0.596. The molecular weight excluding hydrogens is 196 g/mol. The van der Waals surface area contributed by atoms with Gasteiger partial charge in [-0.3, -0.25) is 0 Å². The summed E-state index contributed by atoms with van der Waals surface area (Å²) in [6, 6.07) is 7.60. The van der Waals surface area contributed by atoms with Crippen LogP contribution in [-0.4, -0.2) is 12.6 Å². The number of aryl methyl sites for hydroxylation is 1. The predicted octanol–water partition coefficient (Wildman–Crippen LogP) is 2.64. The Morgan fingerprint density at radius 2 is 2.12 bits per heavy atom. The Kier molecular flexibility index (Phi) is 2.60. The molecule has 3 N–H and O–H groups in total. The van der Waals surface area contributed by atoms with Crippen molar-refractivity contribution in [1.82, 2.24) is 0 Å². The molecule has 1 unspecified atom stereocenters. The summed E-state index contributed by atoms with van der Waals surface area (Å²) >= 11 is 0. The third-order valence-electron chi connectivity index (χ3n) is 3.81. The zero-order valence-corrected chi connectivity index (χ0v) is 9.71. The van der Waals surface area contributed by atoms with E-state index in [1.165, 1.54) is 48.9 Å². The summed E-state index contributed by atoms with van der Waals surface area (Å²) < 4.78 is 0. The predicted molar refractivity (Wildman–Crippen MR) is 67.8 cm³/mol.